The van der Waals surface area contributed by atoms with Crippen molar-refractivity contribution >= 4 is 24.0 Å². The Morgan fingerprint density at radius 1 is 1.30 bits per heavy atom. The summed E-state index contributed by atoms with van der Waals surface area (Å²) < 4.78 is 0.680. The van der Waals surface area contributed by atoms with Crippen LogP contribution in [0, 0.1) is 17.5 Å². The van der Waals surface area contributed by atoms with E-state index in [1.54, 1.807) is 11.8 Å². The zero-order chi connectivity index (χ0) is 14.5. The van der Waals surface area contributed by atoms with Crippen LogP contribution in [0.5, 0.6) is 0 Å². The van der Waals surface area contributed by atoms with Gasteiger partial charge in [0.05, 0.1) is 5.75 Å². The minimum Gasteiger partial charge on any atom is -0.346 e. The van der Waals surface area contributed by atoms with Gasteiger partial charge in [-0.05, 0) is 37.5 Å². The van der Waals surface area contributed by atoms with Gasteiger partial charge < -0.3 is 4.98 Å². The summed E-state index contributed by atoms with van der Waals surface area (Å²) in [6.45, 7) is 6.52. The average molecular weight is 304 g/mol. The van der Waals surface area contributed by atoms with Gasteiger partial charge in [0.15, 0.2) is 0 Å². The highest BCUT2D eigenvalue weighted by Gasteiger charge is 2.03. The van der Waals surface area contributed by atoms with Crippen LogP contribution in [0.25, 0.3) is 0 Å². The molecule has 0 bridgehead atoms. The molecule has 0 fully saturated rings. The van der Waals surface area contributed by atoms with Gasteiger partial charge in [0.25, 0.3) is 0 Å². The summed E-state index contributed by atoms with van der Waals surface area (Å²) in [5.74, 6) is 2.39. The normalized spacial score (nSPS) is 11.0. The molecule has 0 saturated heterocycles. The van der Waals surface area contributed by atoms with Crippen molar-refractivity contribution in [2.45, 2.75) is 37.8 Å². The molecular formula is C16H20N2S2. The Kier molecular flexibility index (Phi) is 5.38. The molecule has 2 nitrogen and oxygen atoms in total. The fourth-order valence-corrected chi connectivity index (χ4v) is 3.18. The monoisotopic (exact) mass is 304 g/mol. The molecule has 0 aliphatic heterocycles. The highest BCUT2D eigenvalue weighted by Crippen LogP contribution is 2.22. The van der Waals surface area contributed by atoms with Gasteiger partial charge in [0.2, 0.25) is 0 Å². The van der Waals surface area contributed by atoms with Crippen LogP contribution in [0.2, 0.25) is 0 Å². The van der Waals surface area contributed by atoms with Crippen LogP contribution in [0.15, 0.2) is 35.2 Å². The van der Waals surface area contributed by atoms with Gasteiger partial charge in [0, 0.05) is 10.6 Å². The van der Waals surface area contributed by atoms with Gasteiger partial charge in [0.1, 0.15) is 10.5 Å². The number of aryl methyl sites for hydroxylation is 1. The maximum atomic E-state index is 5.25. The maximum Gasteiger partial charge on any atom is 0.130 e. The molecule has 0 aliphatic carbocycles. The van der Waals surface area contributed by atoms with Crippen LogP contribution in [0.1, 0.15) is 30.9 Å². The number of hydrogen-bond donors (Lipinski definition) is 1. The van der Waals surface area contributed by atoms with Gasteiger partial charge in [-0.3, -0.25) is 0 Å². The second-order valence-electron chi connectivity index (χ2n) is 5.39. The highest BCUT2D eigenvalue weighted by molar-refractivity contribution is 7.98. The lowest BCUT2D eigenvalue weighted by Crippen LogP contribution is -2.02. The van der Waals surface area contributed by atoms with E-state index in [0.29, 0.717) is 10.6 Å². The predicted octanol–water partition coefficient (Wildman–Crippen LogP) is 4.94. The van der Waals surface area contributed by atoms with Crippen molar-refractivity contribution in [3.8, 4) is 0 Å². The highest BCUT2D eigenvalue weighted by atomic mass is 32.2. The van der Waals surface area contributed by atoms with E-state index in [0.717, 1.165) is 18.0 Å². The van der Waals surface area contributed by atoms with Crippen LogP contribution >= 0.6 is 24.0 Å². The molecule has 1 heterocycles. The second-order valence-corrected chi connectivity index (χ2v) is 6.86. The Balaban J connectivity index is 2.09. The molecule has 106 valence electrons. The molecule has 0 spiro atoms. The molecular weight excluding hydrogens is 284 g/mol. The van der Waals surface area contributed by atoms with Crippen molar-refractivity contribution < 1.29 is 0 Å². The smallest absolute Gasteiger partial charge is 0.130 e. The third kappa shape index (κ3) is 4.76. The largest absolute Gasteiger partial charge is 0.346 e. The van der Waals surface area contributed by atoms with Crippen LogP contribution in [-0.4, -0.2) is 9.97 Å². The molecule has 0 atom stereocenters. The Morgan fingerprint density at radius 2 is 2.10 bits per heavy atom. The Bertz CT molecular complexity index is 632. The third-order valence-electron chi connectivity index (χ3n) is 2.84. The molecule has 2 aromatic rings. The van der Waals surface area contributed by atoms with Crippen molar-refractivity contribution in [2.24, 2.45) is 5.92 Å². The van der Waals surface area contributed by atoms with E-state index < -0.39 is 0 Å². The van der Waals surface area contributed by atoms with Crippen LogP contribution in [-0.2, 0) is 12.2 Å². The average Bonchev–Trinajstić information content (AvgIpc) is 2.35. The minimum absolute atomic E-state index is 0.611. The molecule has 0 amide bonds. The van der Waals surface area contributed by atoms with Crippen molar-refractivity contribution in [3.63, 3.8) is 0 Å². The lowest BCUT2D eigenvalue weighted by atomic mass is 10.1. The summed E-state index contributed by atoms with van der Waals surface area (Å²) in [4.78, 5) is 9.08. The van der Waals surface area contributed by atoms with Gasteiger partial charge >= 0.3 is 0 Å². The van der Waals surface area contributed by atoms with Gasteiger partial charge in [-0.1, -0.05) is 43.8 Å². The number of aromatic amines is 1. The molecule has 0 aliphatic rings. The Hall–Kier alpha value is -1.13. The van der Waals surface area contributed by atoms with Crippen molar-refractivity contribution in [1.82, 2.24) is 9.97 Å². The number of H-pyrrole nitrogens is 1. The predicted molar refractivity (Wildman–Crippen MR) is 88.7 cm³/mol. The molecule has 20 heavy (non-hydrogen) atoms. The molecule has 1 aromatic carbocycles. The Morgan fingerprint density at radius 3 is 2.80 bits per heavy atom. The lowest BCUT2D eigenvalue weighted by Gasteiger charge is -2.08. The van der Waals surface area contributed by atoms with E-state index in [4.69, 9.17) is 12.2 Å². The zero-order valence-corrected chi connectivity index (χ0v) is 13.8. The molecule has 1 N–H and O–H groups in total. The summed E-state index contributed by atoms with van der Waals surface area (Å²) in [5.41, 5.74) is 2.46. The number of nitrogens with one attached hydrogen (secondary N) is 1. The first-order valence-corrected chi connectivity index (χ1v) is 8.21. The molecule has 0 radical (unpaired) electrons. The second kappa shape index (κ2) is 7.04. The van der Waals surface area contributed by atoms with Gasteiger partial charge in [-0.25, -0.2) is 4.98 Å². The Labute approximate surface area is 130 Å². The van der Waals surface area contributed by atoms with E-state index in [2.05, 4.69) is 55.0 Å². The topological polar surface area (TPSA) is 28.7 Å². The van der Waals surface area contributed by atoms with E-state index in [1.807, 2.05) is 6.07 Å². The van der Waals surface area contributed by atoms with Crippen molar-refractivity contribution in [2.75, 3.05) is 0 Å². The molecule has 2 rings (SSSR count). The number of aromatic nitrogens is 2. The fourth-order valence-electron chi connectivity index (χ4n) is 2.04. The number of benzene rings is 1. The summed E-state index contributed by atoms with van der Waals surface area (Å²) in [5, 5.41) is 0. The first-order chi connectivity index (χ1) is 9.52. The molecule has 0 unspecified atom stereocenters. The first kappa shape index (κ1) is 15.3. The summed E-state index contributed by atoms with van der Waals surface area (Å²) in [6, 6.07) is 10.5. The van der Waals surface area contributed by atoms with Crippen LogP contribution < -0.4 is 0 Å². The lowest BCUT2D eigenvalue weighted by molar-refractivity contribution is 0.631. The standard InChI is InChI=1S/C16H20N2S2/c1-11(2)7-13-9-16(19)18-15(17-13)10-20-14-6-4-5-12(3)8-14/h4-6,8-9,11H,7,10H2,1-3H3,(H,17,18,19). The van der Waals surface area contributed by atoms with E-state index in [-0.39, 0.29) is 0 Å². The summed E-state index contributed by atoms with van der Waals surface area (Å²) in [6.07, 6.45) is 1.01. The van der Waals surface area contributed by atoms with E-state index in [9.17, 15) is 0 Å². The molecule has 4 heteroatoms. The van der Waals surface area contributed by atoms with Crippen LogP contribution in [0.3, 0.4) is 0 Å². The van der Waals surface area contributed by atoms with Crippen LogP contribution in [0.4, 0.5) is 0 Å². The number of nitrogens with zero attached hydrogens (tertiary/aromatic N) is 1. The van der Waals surface area contributed by atoms with Gasteiger partial charge in [-0.2, -0.15) is 0 Å². The van der Waals surface area contributed by atoms with Crippen molar-refractivity contribution in [1.29, 1.82) is 0 Å². The third-order valence-corrected chi connectivity index (χ3v) is 4.06. The van der Waals surface area contributed by atoms with Crippen molar-refractivity contribution in [3.05, 3.63) is 52.1 Å². The SMILES string of the molecule is Cc1cccc(SCc2nc(=S)cc(CC(C)C)[nH]2)c1. The van der Waals surface area contributed by atoms with Gasteiger partial charge in [-0.15, -0.1) is 11.8 Å². The molecule has 1 aromatic heterocycles. The summed E-state index contributed by atoms with van der Waals surface area (Å²) in [7, 11) is 0. The zero-order valence-electron chi connectivity index (χ0n) is 12.1. The van der Waals surface area contributed by atoms with E-state index >= 15 is 0 Å². The summed E-state index contributed by atoms with van der Waals surface area (Å²) >= 11 is 7.04. The fraction of sp³-hybridized carbons (Fsp3) is 0.375. The first-order valence-electron chi connectivity index (χ1n) is 6.81. The number of hydrogen-bond acceptors (Lipinski definition) is 3. The van der Waals surface area contributed by atoms with E-state index in [1.165, 1.54) is 16.2 Å². The quantitative estimate of drug-likeness (QED) is 0.626. The molecule has 0 saturated carbocycles. The number of thioether (sulfide) groups is 1. The minimum atomic E-state index is 0.611. The number of rotatable bonds is 5. The maximum absolute atomic E-state index is 5.25.